The van der Waals surface area contributed by atoms with Crippen LogP contribution in [0.5, 0.6) is 0 Å². The lowest BCUT2D eigenvalue weighted by Gasteiger charge is -2.36. The summed E-state index contributed by atoms with van der Waals surface area (Å²) in [6.07, 6.45) is 5.17. The van der Waals surface area contributed by atoms with Gasteiger partial charge in [0.2, 0.25) is 5.91 Å². The van der Waals surface area contributed by atoms with Crippen molar-refractivity contribution in [2.45, 2.75) is 52.4 Å². The standard InChI is InChI=1S/C16H28N2O3/c1-12(2)16(8-9-17-11-16)13(19)18-10-15(14(20)21)6-4-3-5-7-15/h12,17H,3-11H2,1-2H3,(H,18,19)(H,20,21). The Morgan fingerprint density at radius 3 is 2.33 bits per heavy atom. The van der Waals surface area contributed by atoms with E-state index in [1.807, 2.05) is 0 Å². The second-order valence-electron chi connectivity index (χ2n) is 7.07. The van der Waals surface area contributed by atoms with Gasteiger partial charge in [-0.15, -0.1) is 0 Å². The molecule has 21 heavy (non-hydrogen) atoms. The average Bonchev–Trinajstić information content (AvgIpc) is 2.96. The predicted molar refractivity (Wildman–Crippen MR) is 80.9 cm³/mol. The SMILES string of the molecule is CC(C)C1(C(=O)NCC2(C(=O)O)CCCCC2)CCNC1. The molecule has 5 heteroatoms. The van der Waals surface area contributed by atoms with Crippen molar-refractivity contribution in [2.75, 3.05) is 19.6 Å². The minimum atomic E-state index is -0.759. The van der Waals surface area contributed by atoms with Crippen molar-refractivity contribution in [1.82, 2.24) is 10.6 Å². The summed E-state index contributed by atoms with van der Waals surface area (Å²) >= 11 is 0. The Labute approximate surface area is 126 Å². The summed E-state index contributed by atoms with van der Waals surface area (Å²) in [5.74, 6) is -0.487. The molecule has 5 nitrogen and oxygen atoms in total. The molecule has 1 aliphatic carbocycles. The van der Waals surface area contributed by atoms with E-state index in [1.54, 1.807) is 0 Å². The maximum absolute atomic E-state index is 12.7. The average molecular weight is 296 g/mol. The smallest absolute Gasteiger partial charge is 0.311 e. The molecular formula is C16H28N2O3. The van der Waals surface area contributed by atoms with Gasteiger partial charge in [0, 0.05) is 13.1 Å². The molecule has 1 saturated heterocycles. The van der Waals surface area contributed by atoms with E-state index in [0.717, 1.165) is 32.2 Å². The molecule has 2 rings (SSSR count). The van der Waals surface area contributed by atoms with Gasteiger partial charge in [-0.05, 0) is 31.7 Å². The van der Waals surface area contributed by atoms with E-state index < -0.39 is 11.4 Å². The third-order valence-electron chi connectivity index (χ3n) is 5.60. The molecule has 0 bridgehead atoms. The van der Waals surface area contributed by atoms with Crippen LogP contribution < -0.4 is 10.6 Å². The van der Waals surface area contributed by atoms with E-state index in [1.165, 1.54) is 0 Å². The topological polar surface area (TPSA) is 78.4 Å². The Hall–Kier alpha value is -1.10. The lowest BCUT2D eigenvalue weighted by Crippen LogP contribution is -2.51. The van der Waals surface area contributed by atoms with E-state index in [9.17, 15) is 14.7 Å². The van der Waals surface area contributed by atoms with Gasteiger partial charge < -0.3 is 15.7 Å². The maximum atomic E-state index is 12.7. The lowest BCUT2D eigenvalue weighted by atomic mass is 9.72. The van der Waals surface area contributed by atoms with Crippen molar-refractivity contribution in [3.8, 4) is 0 Å². The van der Waals surface area contributed by atoms with Crippen LogP contribution in [-0.4, -0.2) is 36.6 Å². The van der Waals surface area contributed by atoms with Crippen LogP contribution in [0.15, 0.2) is 0 Å². The van der Waals surface area contributed by atoms with Gasteiger partial charge in [-0.25, -0.2) is 0 Å². The number of carbonyl (C=O) groups excluding carboxylic acids is 1. The molecule has 1 amide bonds. The Morgan fingerprint density at radius 2 is 1.86 bits per heavy atom. The summed E-state index contributed by atoms with van der Waals surface area (Å²) < 4.78 is 0. The third kappa shape index (κ3) is 3.07. The zero-order chi connectivity index (χ0) is 15.5. The first-order chi connectivity index (χ1) is 9.93. The van der Waals surface area contributed by atoms with Crippen LogP contribution in [0, 0.1) is 16.7 Å². The normalized spacial score (nSPS) is 28.5. The molecule has 1 atom stereocenters. The largest absolute Gasteiger partial charge is 0.481 e. The minimum absolute atomic E-state index is 0.0219. The van der Waals surface area contributed by atoms with Crippen molar-refractivity contribution in [3.63, 3.8) is 0 Å². The van der Waals surface area contributed by atoms with E-state index in [4.69, 9.17) is 0 Å². The maximum Gasteiger partial charge on any atom is 0.311 e. The molecule has 120 valence electrons. The highest BCUT2D eigenvalue weighted by atomic mass is 16.4. The Kier molecular flexibility index (Phi) is 4.91. The molecule has 1 saturated carbocycles. The van der Waals surface area contributed by atoms with Crippen molar-refractivity contribution in [3.05, 3.63) is 0 Å². The highest BCUT2D eigenvalue weighted by molar-refractivity contribution is 5.84. The fraction of sp³-hybridized carbons (Fsp3) is 0.875. The van der Waals surface area contributed by atoms with Crippen molar-refractivity contribution >= 4 is 11.9 Å². The zero-order valence-corrected chi connectivity index (χ0v) is 13.2. The van der Waals surface area contributed by atoms with Crippen LogP contribution in [0.2, 0.25) is 0 Å². The first kappa shape index (κ1) is 16.3. The second-order valence-corrected chi connectivity index (χ2v) is 7.07. The number of carboxylic acids is 1. The number of carbonyl (C=O) groups is 2. The first-order valence-electron chi connectivity index (χ1n) is 8.15. The summed E-state index contributed by atoms with van der Waals surface area (Å²) in [5.41, 5.74) is -1.13. The van der Waals surface area contributed by atoms with Crippen molar-refractivity contribution < 1.29 is 14.7 Å². The summed E-state index contributed by atoms with van der Waals surface area (Å²) in [5, 5.41) is 15.8. The van der Waals surface area contributed by atoms with E-state index in [2.05, 4.69) is 24.5 Å². The molecule has 1 unspecified atom stereocenters. The van der Waals surface area contributed by atoms with Gasteiger partial charge in [0.25, 0.3) is 0 Å². The van der Waals surface area contributed by atoms with Crippen LogP contribution in [-0.2, 0) is 9.59 Å². The van der Waals surface area contributed by atoms with E-state index in [-0.39, 0.29) is 23.8 Å². The van der Waals surface area contributed by atoms with Gasteiger partial charge >= 0.3 is 5.97 Å². The predicted octanol–water partition coefficient (Wildman–Crippen LogP) is 1.77. The molecule has 0 aromatic heterocycles. The number of hydrogen-bond donors (Lipinski definition) is 3. The van der Waals surface area contributed by atoms with Gasteiger partial charge in [-0.2, -0.15) is 0 Å². The number of hydrogen-bond acceptors (Lipinski definition) is 3. The summed E-state index contributed by atoms with van der Waals surface area (Å²) in [6, 6.07) is 0. The van der Waals surface area contributed by atoms with E-state index >= 15 is 0 Å². The molecule has 1 aliphatic heterocycles. The first-order valence-corrected chi connectivity index (χ1v) is 8.15. The molecule has 0 aromatic carbocycles. The van der Waals surface area contributed by atoms with Crippen LogP contribution >= 0.6 is 0 Å². The zero-order valence-electron chi connectivity index (χ0n) is 13.2. The summed E-state index contributed by atoms with van der Waals surface area (Å²) in [4.78, 5) is 24.3. The highest BCUT2D eigenvalue weighted by Crippen LogP contribution is 2.38. The molecule has 0 aromatic rings. The molecular weight excluding hydrogens is 268 g/mol. The van der Waals surface area contributed by atoms with Crippen molar-refractivity contribution in [1.29, 1.82) is 0 Å². The number of rotatable bonds is 5. The number of nitrogens with one attached hydrogen (secondary N) is 2. The molecule has 3 N–H and O–H groups in total. The summed E-state index contributed by atoms with van der Waals surface area (Å²) in [6.45, 7) is 5.96. The van der Waals surface area contributed by atoms with Gasteiger partial charge in [0.05, 0.1) is 10.8 Å². The Balaban J connectivity index is 2.03. The monoisotopic (exact) mass is 296 g/mol. The molecule has 0 spiro atoms. The fourth-order valence-electron chi connectivity index (χ4n) is 3.78. The minimum Gasteiger partial charge on any atom is -0.481 e. The summed E-state index contributed by atoms with van der Waals surface area (Å²) in [7, 11) is 0. The highest BCUT2D eigenvalue weighted by Gasteiger charge is 2.46. The van der Waals surface area contributed by atoms with Crippen LogP contribution in [0.25, 0.3) is 0 Å². The Bertz CT molecular complexity index is 394. The van der Waals surface area contributed by atoms with Crippen LogP contribution in [0.3, 0.4) is 0 Å². The number of carboxylic acid groups (broad SMARTS) is 1. The lowest BCUT2D eigenvalue weighted by molar-refractivity contribution is -0.151. The quantitative estimate of drug-likeness (QED) is 0.722. The second kappa shape index (κ2) is 6.34. The third-order valence-corrected chi connectivity index (χ3v) is 5.60. The van der Waals surface area contributed by atoms with Crippen LogP contribution in [0.1, 0.15) is 52.4 Å². The molecule has 1 heterocycles. The molecule has 2 fully saturated rings. The van der Waals surface area contributed by atoms with Gasteiger partial charge in [-0.1, -0.05) is 33.1 Å². The van der Waals surface area contributed by atoms with Gasteiger partial charge in [-0.3, -0.25) is 9.59 Å². The Morgan fingerprint density at radius 1 is 1.19 bits per heavy atom. The van der Waals surface area contributed by atoms with Gasteiger partial charge in [0.1, 0.15) is 0 Å². The van der Waals surface area contributed by atoms with Gasteiger partial charge in [0.15, 0.2) is 0 Å². The van der Waals surface area contributed by atoms with Crippen molar-refractivity contribution in [2.24, 2.45) is 16.7 Å². The molecule has 2 aliphatic rings. The fourth-order valence-corrected chi connectivity index (χ4v) is 3.78. The van der Waals surface area contributed by atoms with E-state index in [0.29, 0.717) is 19.4 Å². The number of aliphatic carboxylic acids is 1. The number of amides is 1. The molecule has 0 radical (unpaired) electrons. The van der Waals surface area contributed by atoms with Crippen LogP contribution in [0.4, 0.5) is 0 Å².